The van der Waals surface area contributed by atoms with Gasteiger partial charge in [-0.05, 0) is 30.5 Å². The lowest BCUT2D eigenvalue weighted by atomic mass is 10.0. The molecule has 0 aromatic heterocycles. The molecule has 1 aliphatic heterocycles. The Morgan fingerprint density at radius 3 is 2.69 bits per heavy atom. The summed E-state index contributed by atoms with van der Waals surface area (Å²) in [5, 5.41) is 6.51. The summed E-state index contributed by atoms with van der Waals surface area (Å²) in [7, 11) is 0. The monoisotopic (exact) mass is 442 g/mol. The fraction of sp³-hybridized carbons (Fsp3) is 0.440. The summed E-state index contributed by atoms with van der Waals surface area (Å²) >= 11 is 0. The zero-order valence-corrected chi connectivity index (χ0v) is 18.8. The molecule has 0 bridgehead atoms. The van der Waals surface area contributed by atoms with E-state index >= 15 is 0 Å². The number of halogens is 2. The van der Waals surface area contributed by atoms with Gasteiger partial charge in [0.05, 0.1) is 0 Å². The van der Waals surface area contributed by atoms with Gasteiger partial charge >= 0.3 is 0 Å². The number of benzene rings is 2. The average molecular weight is 443 g/mol. The summed E-state index contributed by atoms with van der Waals surface area (Å²) in [6, 6.07) is 13.8. The first kappa shape index (κ1) is 23.7. The van der Waals surface area contributed by atoms with E-state index in [1.54, 1.807) is 0 Å². The molecule has 5 nitrogen and oxygen atoms in total. The molecule has 0 saturated carbocycles. The third-order valence-electron chi connectivity index (χ3n) is 5.73. The lowest BCUT2D eigenvalue weighted by Gasteiger charge is -2.18. The maximum Gasteiger partial charge on any atom is 0.223 e. The summed E-state index contributed by atoms with van der Waals surface area (Å²) in [6.07, 6.45) is 1.38. The zero-order chi connectivity index (χ0) is 22.9. The molecule has 0 radical (unpaired) electrons. The van der Waals surface area contributed by atoms with Crippen molar-refractivity contribution >= 4 is 11.9 Å². The highest BCUT2D eigenvalue weighted by atomic mass is 19.1. The van der Waals surface area contributed by atoms with E-state index in [1.807, 2.05) is 36.9 Å². The minimum Gasteiger partial charge on any atom is -0.357 e. The van der Waals surface area contributed by atoms with Crippen LogP contribution in [-0.4, -0.2) is 49.5 Å². The fourth-order valence-corrected chi connectivity index (χ4v) is 3.93. The molecule has 1 fully saturated rings. The van der Waals surface area contributed by atoms with Crippen molar-refractivity contribution in [2.45, 2.75) is 32.6 Å². The van der Waals surface area contributed by atoms with Crippen molar-refractivity contribution in [2.75, 3.05) is 32.7 Å². The predicted molar refractivity (Wildman–Crippen MR) is 124 cm³/mol. The summed E-state index contributed by atoms with van der Waals surface area (Å²) in [4.78, 5) is 18.9. The first-order valence-electron chi connectivity index (χ1n) is 11.2. The average Bonchev–Trinajstić information content (AvgIpc) is 3.14. The Hall–Kier alpha value is -2.96. The Labute approximate surface area is 188 Å². The van der Waals surface area contributed by atoms with Crippen molar-refractivity contribution in [3.63, 3.8) is 0 Å². The first-order valence-corrected chi connectivity index (χ1v) is 11.2. The Balaban J connectivity index is 1.49. The van der Waals surface area contributed by atoms with Crippen LogP contribution in [0.5, 0.6) is 0 Å². The number of carbonyl (C=O) groups excluding carboxylic acids is 1. The topological polar surface area (TPSA) is 56.7 Å². The number of likely N-dealkylation sites (tertiary alicyclic amines) is 1. The molecule has 0 spiro atoms. The van der Waals surface area contributed by atoms with Gasteiger partial charge < -0.3 is 15.5 Å². The van der Waals surface area contributed by atoms with Crippen LogP contribution in [0, 0.1) is 17.6 Å². The third kappa shape index (κ3) is 6.77. The summed E-state index contributed by atoms with van der Waals surface area (Å²) in [6.45, 7) is 7.00. The van der Waals surface area contributed by atoms with Gasteiger partial charge in [-0.1, -0.05) is 43.3 Å². The highest BCUT2D eigenvalue weighted by Crippen LogP contribution is 2.20. The van der Waals surface area contributed by atoms with Crippen LogP contribution in [0.3, 0.4) is 0 Å². The van der Waals surface area contributed by atoms with Crippen molar-refractivity contribution in [1.29, 1.82) is 0 Å². The molecule has 2 aromatic carbocycles. The van der Waals surface area contributed by atoms with Crippen LogP contribution in [0.4, 0.5) is 8.78 Å². The van der Waals surface area contributed by atoms with Crippen LogP contribution >= 0.6 is 0 Å². The Bertz CT molecular complexity index is 919. The van der Waals surface area contributed by atoms with E-state index in [2.05, 4.69) is 27.8 Å². The van der Waals surface area contributed by atoms with Crippen molar-refractivity contribution < 1.29 is 13.6 Å². The highest BCUT2D eigenvalue weighted by molar-refractivity contribution is 5.81. The summed E-state index contributed by atoms with van der Waals surface area (Å²) < 4.78 is 27.2. The van der Waals surface area contributed by atoms with E-state index in [-0.39, 0.29) is 17.7 Å². The van der Waals surface area contributed by atoms with Gasteiger partial charge in [-0.2, -0.15) is 0 Å². The van der Waals surface area contributed by atoms with Gasteiger partial charge in [0.25, 0.3) is 0 Å². The summed E-state index contributed by atoms with van der Waals surface area (Å²) in [5.74, 6) is -0.277. The molecule has 2 atom stereocenters. The van der Waals surface area contributed by atoms with Gasteiger partial charge in [0.1, 0.15) is 11.6 Å². The highest BCUT2D eigenvalue weighted by Gasteiger charge is 2.29. The van der Waals surface area contributed by atoms with E-state index in [9.17, 15) is 13.6 Å². The molecular weight excluding hydrogens is 410 g/mol. The van der Waals surface area contributed by atoms with Gasteiger partial charge in [-0.25, -0.2) is 8.78 Å². The van der Waals surface area contributed by atoms with Crippen molar-refractivity contribution in [1.82, 2.24) is 15.5 Å². The standard InChI is InChI=1S/C25H32F2N4O/c1-3-28-25(29-15-18(2)22-10-9-21(26)14-23(22)27)30-16-20-13-24(32)31(17-20)12-11-19-7-5-4-6-8-19/h4-10,14,18,20H,3,11-13,15-17H2,1-2H3,(H2,28,29,30). The second-order valence-electron chi connectivity index (χ2n) is 8.31. The molecule has 2 aromatic rings. The number of hydrogen-bond acceptors (Lipinski definition) is 2. The number of carbonyl (C=O) groups is 1. The normalized spacial score (nSPS) is 17.5. The molecule has 32 heavy (non-hydrogen) atoms. The van der Waals surface area contributed by atoms with E-state index < -0.39 is 11.6 Å². The molecule has 7 heteroatoms. The van der Waals surface area contributed by atoms with Gasteiger partial charge in [0.2, 0.25) is 5.91 Å². The molecule has 0 aliphatic carbocycles. The van der Waals surface area contributed by atoms with Crippen molar-refractivity contribution in [3.8, 4) is 0 Å². The molecule has 1 amide bonds. The molecule has 1 heterocycles. The zero-order valence-electron chi connectivity index (χ0n) is 18.8. The number of nitrogens with zero attached hydrogens (tertiary/aromatic N) is 2. The smallest absolute Gasteiger partial charge is 0.223 e. The lowest BCUT2D eigenvalue weighted by Crippen LogP contribution is -2.40. The summed E-state index contributed by atoms with van der Waals surface area (Å²) in [5.41, 5.74) is 1.68. The molecule has 2 unspecified atom stereocenters. The van der Waals surface area contributed by atoms with Crippen LogP contribution < -0.4 is 10.6 Å². The Morgan fingerprint density at radius 1 is 1.19 bits per heavy atom. The number of hydrogen-bond donors (Lipinski definition) is 2. The number of amides is 1. The van der Waals surface area contributed by atoms with E-state index in [0.29, 0.717) is 37.6 Å². The largest absolute Gasteiger partial charge is 0.357 e. The fourth-order valence-electron chi connectivity index (χ4n) is 3.93. The third-order valence-corrected chi connectivity index (χ3v) is 5.73. The first-order chi connectivity index (χ1) is 15.5. The molecule has 1 aliphatic rings. The van der Waals surface area contributed by atoms with Crippen molar-refractivity contribution in [3.05, 3.63) is 71.3 Å². The molecular formula is C25H32F2N4O. The van der Waals surface area contributed by atoms with E-state index in [0.717, 1.165) is 25.6 Å². The van der Waals surface area contributed by atoms with Crippen LogP contribution in [0.25, 0.3) is 0 Å². The van der Waals surface area contributed by atoms with Crippen LogP contribution in [0.15, 0.2) is 53.5 Å². The maximum absolute atomic E-state index is 14.0. The van der Waals surface area contributed by atoms with Crippen LogP contribution in [0.2, 0.25) is 0 Å². The molecule has 2 N–H and O–H groups in total. The second-order valence-corrected chi connectivity index (χ2v) is 8.31. The molecule has 172 valence electrons. The quantitative estimate of drug-likeness (QED) is 0.460. The van der Waals surface area contributed by atoms with Gasteiger partial charge in [0, 0.05) is 57.0 Å². The minimum atomic E-state index is -0.583. The van der Waals surface area contributed by atoms with Crippen LogP contribution in [0.1, 0.15) is 37.3 Å². The van der Waals surface area contributed by atoms with E-state index in [1.165, 1.54) is 17.7 Å². The molecule has 1 saturated heterocycles. The predicted octanol–water partition coefficient (Wildman–Crippen LogP) is 3.71. The van der Waals surface area contributed by atoms with Gasteiger partial charge in [0.15, 0.2) is 5.96 Å². The number of nitrogens with one attached hydrogen (secondary N) is 2. The number of aliphatic imine (C=N–C) groups is 1. The Morgan fingerprint density at radius 2 is 1.97 bits per heavy atom. The molecule has 3 rings (SSSR count). The maximum atomic E-state index is 14.0. The van der Waals surface area contributed by atoms with E-state index in [4.69, 9.17) is 0 Å². The number of rotatable bonds is 9. The second kappa shape index (κ2) is 11.6. The Kier molecular flexibility index (Phi) is 8.59. The number of guanidine groups is 1. The minimum absolute atomic E-state index is 0.187. The van der Waals surface area contributed by atoms with Gasteiger partial charge in [-0.15, -0.1) is 0 Å². The van der Waals surface area contributed by atoms with Crippen molar-refractivity contribution in [2.24, 2.45) is 10.9 Å². The SMILES string of the molecule is CCNC(=NCC(C)c1ccc(F)cc1F)NCC1CC(=O)N(CCc2ccccc2)C1. The van der Waals surface area contributed by atoms with Crippen LogP contribution in [-0.2, 0) is 11.2 Å². The lowest BCUT2D eigenvalue weighted by molar-refractivity contribution is -0.127. The van der Waals surface area contributed by atoms with Gasteiger partial charge in [-0.3, -0.25) is 9.79 Å².